The molecule has 2 amide bonds. The van der Waals surface area contributed by atoms with Crippen LogP contribution in [-0.4, -0.2) is 84.3 Å². The SMILES string of the molecule is CC(C)(C)OC(=O)N[C@@H]1CCOC[C@@H]1O.CC(C)(C)OC(=O)N[C@H]1CCOC[C@H]1O. The monoisotopic (exact) mass is 434 g/mol. The predicted octanol–water partition coefficient (Wildman–Crippen LogP) is 1.32. The Labute approximate surface area is 178 Å². The Morgan fingerprint density at radius 2 is 1.10 bits per heavy atom. The van der Waals surface area contributed by atoms with E-state index in [0.29, 0.717) is 26.1 Å². The largest absolute Gasteiger partial charge is 0.444 e. The maximum absolute atomic E-state index is 11.4. The number of carbonyl (C=O) groups excluding carboxylic acids is 2. The van der Waals surface area contributed by atoms with Crippen molar-refractivity contribution in [2.75, 3.05) is 26.4 Å². The summed E-state index contributed by atoms with van der Waals surface area (Å²) in [6, 6.07) is -0.540. The molecule has 176 valence electrons. The molecule has 2 rings (SSSR count). The second-order valence-electron chi connectivity index (χ2n) is 9.37. The summed E-state index contributed by atoms with van der Waals surface area (Å²) in [6.07, 6.45) is -1.06. The van der Waals surface area contributed by atoms with Crippen molar-refractivity contribution < 1.29 is 38.7 Å². The molecule has 0 aromatic carbocycles. The fourth-order valence-electron chi connectivity index (χ4n) is 2.70. The van der Waals surface area contributed by atoms with Gasteiger partial charge in [-0.25, -0.2) is 9.59 Å². The van der Waals surface area contributed by atoms with Gasteiger partial charge in [0.15, 0.2) is 0 Å². The minimum absolute atomic E-state index is 0.264. The Kier molecular flexibility index (Phi) is 10.3. The number of amides is 2. The lowest BCUT2D eigenvalue weighted by Crippen LogP contribution is -2.49. The highest BCUT2D eigenvalue weighted by molar-refractivity contribution is 5.68. The third-order valence-electron chi connectivity index (χ3n) is 4.06. The average Bonchev–Trinajstić information content (AvgIpc) is 2.56. The molecule has 4 atom stereocenters. The van der Waals surface area contributed by atoms with Gasteiger partial charge in [-0.05, 0) is 54.4 Å². The number of alkyl carbamates (subject to hydrolysis) is 2. The summed E-state index contributed by atoms with van der Waals surface area (Å²) in [6.45, 7) is 12.4. The lowest BCUT2D eigenvalue weighted by atomic mass is 10.1. The number of aliphatic hydroxyl groups excluding tert-OH is 2. The van der Waals surface area contributed by atoms with Gasteiger partial charge in [-0.1, -0.05) is 0 Å². The average molecular weight is 435 g/mol. The maximum Gasteiger partial charge on any atom is 0.407 e. The van der Waals surface area contributed by atoms with Crippen molar-refractivity contribution in [3.05, 3.63) is 0 Å². The van der Waals surface area contributed by atoms with Gasteiger partial charge in [0.2, 0.25) is 0 Å². The molecule has 0 aromatic rings. The summed E-state index contributed by atoms with van der Waals surface area (Å²) in [5.74, 6) is 0. The van der Waals surface area contributed by atoms with E-state index >= 15 is 0 Å². The molecular formula is C20H38N2O8. The first-order valence-corrected chi connectivity index (χ1v) is 10.3. The van der Waals surface area contributed by atoms with E-state index < -0.39 is 35.6 Å². The second kappa shape index (κ2) is 11.7. The lowest BCUT2D eigenvalue weighted by Gasteiger charge is -2.29. The van der Waals surface area contributed by atoms with Crippen LogP contribution in [0, 0.1) is 0 Å². The van der Waals surface area contributed by atoms with Crippen LogP contribution < -0.4 is 10.6 Å². The molecule has 0 saturated carbocycles. The zero-order valence-electron chi connectivity index (χ0n) is 18.9. The smallest absolute Gasteiger partial charge is 0.407 e. The zero-order valence-corrected chi connectivity index (χ0v) is 18.9. The van der Waals surface area contributed by atoms with Gasteiger partial charge in [-0.15, -0.1) is 0 Å². The number of hydrogen-bond donors (Lipinski definition) is 4. The van der Waals surface area contributed by atoms with E-state index in [0.717, 1.165) is 0 Å². The van der Waals surface area contributed by atoms with Gasteiger partial charge in [-0.3, -0.25) is 0 Å². The minimum atomic E-state index is -0.647. The van der Waals surface area contributed by atoms with E-state index in [1.54, 1.807) is 41.5 Å². The van der Waals surface area contributed by atoms with E-state index in [-0.39, 0.29) is 25.3 Å². The summed E-state index contributed by atoms with van der Waals surface area (Å²) in [7, 11) is 0. The van der Waals surface area contributed by atoms with Crippen molar-refractivity contribution in [1.29, 1.82) is 0 Å². The summed E-state index contributed by atoms with van der Waals surface area (Å²) < 4.78 is 20.3. The van der Waals surface area contributed by atoms with E-state index in [2.05, 4.69) is 10.6 Å². The van der Waals surface area contributed by atoms with Gasteiger partial charge in [-0.2, -0.15) is 0 Å². The molecule has 2 saturated heterocycles. The van der Waals surface area contributed by atoms with Crippen LogP contribution in [0.4, 0.5) is 9.59 Å². The van der Waals surface area contributed by atoms with Crippen LogP contribution in [0.3, 0.4) is 0 Å². The normalized spacial score (nSPS) is 27.2. The lowest BCUT2D eigenvalue weighted by molar-refractivity contribution is -0.0309. The molecule has 4 N–H and O–H groups in total. The summed E-state index contributed by atoms with van der Waals surface area (Å²) >= 11 is 0. The van der Waals surface area contributed by atoms with Crippen LogP contribution in [0.25, 0.3) is 0 Å². The third kappa shape index (κ3) is 11.5. The van der Waals surface area contributed by atoms with Crippen molar-refractivity contribution in [2.45, 2.75) is 89.9 Å². The maximum atomic E-state index is 11.4. The Bertz CT molecular complexity index is 496. The first kappa shape index (κ1) is 26.4. The van der Waals surface area contributed by atoms with Gasteiger partial charge in [0.1, 0.15) is 11.2 Å². The molecule has 2 aliphatic rings. The molecule has 30 heavy (non-hydrogen) atoms. The number of rotatable bonds is 2. The third-order valence-corrected chi connectivity index (χ3v) is 4.06. The molecule has 0 spiro atoms. The number of hydrogen-bond acceptors (Lipinski definition) is 8. The van der Waals surface area contributed by atoms with Crippen LogP contribution in [0.5, 0.6) is 0 Å². The summed E-state index contributed by atoms with van der Waals surface area (Å²) in [5.41, 5.74) is -1.03. The van der Waals surface area contributed by atoms with E-state index in [4.69, 9.17) is 18.9 Å². The second-order valence-corrected chi connectivity index (χ2v) is 9.37. The molecule has 2 aliphatic heterocycles. The van der Waals surface area contributed by atoms with Crippen LogP contribution in [-0.2, 0) is 18.9 Å². The molecule has 10 heteroatoms. The van der Waals surface area contributed by atoms with E-state index in [1.807, 2.05) is 0 Å². The Hall–Kier alpha value is -1.62. The van der Waals surface area contributed by atoms with E-state index in [1.165, 1.54) is 0 Å². The van der Waals surface area contributed by atoms with Crippen LogP contribution >= 0.6 is 0 Å². The molecule has 2 fully saturated rings. The zero-order chi connectivity index (χ0) is 22.9. The van der Waals surface area contributed by atoms with Crippen molar-refractivity contribution in [1.82, 2.24) is 10.6 Å². The standard InChI is InChI=1S/2C10H19NO4/c2*1-10(2,3)15-9(13)11-7-4-5-14-6-8(7)12/h2*7-8,12H,4-6H2,1-3H3,(H,11,13)/t2*7-,8+/m10/s1. The topological polar surface area (TPSA) is 136 Å². The van der Waals surface area contributed by atoms with Crippen LogP contribution in [0.1, 0.15) is 54.4 Å². The number of aliphatic hydroxyl groups is 2. The molecular weight excluding hydrogens is 396 g/mol. The first-order valence-electron chi connectivity index (χ1n) is 10.3. The Morgan fingerprint density at radius 1 is 0.767 bits per heavy atom. The molecule has 10 nitrogen and oxygen atoms in total. The van der Waals surface area contributed by atoms with Crippen molar-refractivity contribution >= 4 is 12.2 Å². The number of ether oxygens (including phenoxy) is 4. The van der Waals surface area contributed by atoms with Gasteiger partial charge < -0.3 is 39.8 Å². The molecule has 0 aliphatic carbocycles. The number of carbonyl (C=O) groups is 2. The molecule has 0 unspecified atom stereocenters. The molecule has 2 heterocycles. The summed E-state index contributed by atoms with van der Waals surface area (Å²) in [4.78, 5) is 22.8. The van der Waals surface area contributed by atoms with Gasteiger partial charge >= 0.3 is 12.2 Å². The van der Waals surface area contributed by atoms with Gasteiger partial charge in [0.25, 0.3) is 0 Å². The molecule has 0 aromatic heterocycles. The van der Waals surface area contributed by atoms with Crippen LogP contribution in [0.2, 0.25) is 0 Å². The minimum Gasteiger partial charge on any atom is -0.444 e. The van der Waals surface area contributed by atoms with Crippen LogP contribution in [0.15, 0.2) is 0 Å². The van der Waals surface area contributed by atoms with Crippen molar-refractivity contribution in [3.8, 4) is 0 Å². The highest BCUT2D eigenvalue weighted by atomic mass is 16.6. The predicted molar refractivity (Wildman–Crippen MR) is 109 cm³/mol. The fourth-order valence-corrected chi connectivity index (χ4v) is 2.70. The summed E-state index contributed by atoms with van der Waals surface area (Å²) in [5, 5.41) is 24.3. The highest BCUT2D eigenvalue weighted by Gasteiger charge is 2.28. The molecule has 0 radical (unpaired) electrons. The quantitative estimate of drug-likeness (QED) is 0.511. The first-order chi connectivity index (χ1) is 13.8. The fraction of sp³-hybridized carbons (Fsp3) is 0.900. The van der Waals surface area contributed by atoms with Crippen molar-refractivity contribution in [3.63, 3.8) is 0 Å². The Balaban J connectivity index is 0.000000300. The van der Waals surface area contributed by atoms with Crippen molar-refractivity contribution in [2.24, 2.45) is 0 Å². The van der Waals surface area contributed by atoms with E-state index in [9.17, 15) is 19.8 Å². The Morgan fingerprint density at radius 3 is 1.37 bits per heavy atom. The number of nitrogens with one attached hydrogen (secondary N) is 2. The highest BCUT2D eigenvalue weighted by Crippen LogP contribution is 2.12. The van der Waals surface area contributed by atoms with Gasteiger partial charge in [0, 0.05) is 13.2 Å². The molecule has 0 bridgehead atoms. The van der Waals surface area contributed by atoms with Gasteiger partial charge in [0.05, 0.1) is 37.5 Å².